The third-order valence-corrected chi connectivity index (χ3v) is 5.47. The zero-order chi connectivity index (χ0) is 17.1. The number of amides is 2. The molecule has 1 aromatic rings. The number of hydrogen-bond donors (Lipinski definition) is 2. The fourth-order valence-electron chi connectivity index (χ4n) is 4.11. The molecule has 1 heterocycles. The molecule has 1 fully saturated rings. The van der Waals surface area contributed by atoms with Crippen LogP contribution in [-0.2, 0) is 22.4 Å². The lowest BCUT2D eigenvalue weighted by Crippen LogP contribution is -2.50. The number of hydrogen-bond acceptors (Lipinski definition) is 3. The van der Waals surface area contributed by atoms with Crippen LogP contribution in [0.4, 0.5) is 0 Å². The van der Waals surface area contributed by atoms with Crippen molar-refractivity contribution in [3.8, 4) is 0 Å². The van der Waals surface area contributed by atoms with Gasteiger partial charge in [0.15, 0.2) is 0 Å². The predicted molar refractivity (Wildman–Crippen MR) is 93.4 cm³/mol. The summed E-state index contributed by atoms with van der Waals surface area (Å²) < 4.78 is 0. The maximum atomic E-state index is 13.1. The van der Waals surface area contributed by atoms with Crippen LogP contribution in [0.3, 0.4) is 0 Å². The van der Waals surface area contributed by atoms with Gasteiger partial charge in [-0.2, -0.15) is 0 Å². The number of nitrogens with zero attached hydrogens (tertiary/aromatic N) is 1. The van der Waals surface area contributed by atoms with Crippen molar-refractivity contribution in [1.29, 1.82) is 0 Å². The number of carbonyl (C=O) groups excluding carboxylic acids is 2. The van der Waals surface area contributed by atoms with E-state index in [1.54, 1.807) is 7.05 Å². The van der Waals surface area contributed by atoms with E-state index in [4.69, 9.17) is 5.73 Å². The zero-order valence-electron chi connectivity index (χ0n) is 14.3. The summed E-state index contributed by atoms with van der Waals surface area (Å²) in [6.45, 7) is 0.767. The van der Waals surface area contributed by atoms with Gasteiger partial charge >= 0.3 is 0 Å². The number of carbonyl (C=O) groups is 2. The molecule has 3 N–H and O–H groups in total. The van der Waals surface area contributed by atoms with Crippen molar-refractivity contribution in [2.75, 3.05) is 13.6 Å². The summed E-state index contributed by atoms with van der Waals surface area (Å²) in [5.41, 5.74) is 8.90. The molecular weight excluding hydrogens is 302 g/mol. The first kappa shape index (κ1) is 17.0. The molecule has 130 valence electrons. The lowest BCUT2D eigenvalue weighted by molar-refractivity contribution is -0.137. The van der Waals surface area contributed by atoms with E-state index < -0.39 is 0 Å². The van der Waals surface area contributed by atoms with Gasteiger partial charge in [0.05, 0.1) is 0 Å². The van der Waals surface area contributed by atoms with Gasteiger partial charge in [-0.1, -0.05) is 24.3 Å². The van der Waals surface area contributed by atoms with Gasteiger partial charge in [-0.05, 0) is 43.2 Å². The third-order valence-electron chi connectivity index (χ3n) is 5.47. The van der Waals surface area contributed by atoms with Crippen LogP contribution in [0.1, 0.15) is 36.8 Å². The summed E-state index contributed by atoms with van der Waals surface area (Å²) in [5, 5.41) is 2.62. The number of rotatable bonds is 4. The standard InChI is InChI=1S/C19H27N3O2/c1-21-18(23)12-16(20)17-7-4-10-22(17)19(24)15-9-8-13-5-2-3-6-14(13)11-15/h2-3,5-6,15-17H,4,7-12,20H2,1H3,(H,21,23). The van der Waals surface area contributed by atoms with Crippen molar-refractivity contribution in [3.05, 3.63) is 35.4 Å². The van der Waals surface area contributed by atoms with Gasteiger partial charge in [0.25, 0.3) is 0 Å². The minimum Gasteiger partial charge on any atom is -0.359 e. The van der Waals surface area contributed by atoms with Crippen LogP contribution in [-0.4, -0.2) is 42.4 Å². The number of nitrogens with one attached hydrogen (secondary N) is 1. The summed E-state index contributed by atoms with van der Waals surface area (Å²) in [6, 6.07) is 8.11. The summed E-state index contributed by atoms with van der Waals surface area (Å²) in [7, 11) is 1.62. The summed E-state index contributed by atoms with van der Waals surface area (Å²) >= 11 is 0. The Balaban J connectivity index is 1.67. The summed E-state index contributed by atoms with van der Waals surface area (Å²) in [5.74, 6) is 0.209. The number of nitrogens with two attached hydrogens (primary N) is 1. The van der Waals surface area contributed by atoms with Gasteiger partial charge < -0.3 is 16.0 Å². The van der Waals surface area contributed by atoms with Crippen LogP contribution in [0.5, 0.6) is 0 Å². The Bertz CT molecular complexity index is 616. The van der Waals surface area contributed by atoms with Crippen molar-refractivity contribution in [1.82, 2.24) is 10.2 Å². The molecule has 3 atom stereocenters. The predicted octanol–water partition coefficient (Wildman–Crippen LogP) is 1.25. The van der Waals surface area contributed by atoms with E-state index in [1.165, 1.54) is 11.1 Å². The number of fused-ring (bicyclic) bond motifs is 1. The fourth-order valence-corrected chi connectivity index (χ4v) is 4.11. The van der Waals surface area contributed by atoms with Gasteiger partial charge in [-0.3, -0.25) is 9.59 Å². The van der Waals surface area contributed by atoms with E-state index in [0.717, 1.165) is 38.6 Å². The van der Waals surface area contributed by atoms with E-state index in [-0.39, 0.29) is 36.2 Å². The fraction of sp³-hybridized carbons (Fsp3) is 0.579. The molecule has 0 spiro atoms. The molecular formula is C19H27N3O2. The quantitative estimate of drug-likeness (QED) is 0.873. The van der Waals surface area contributed by atoms with Crippen LogP contribution in [0.15, 0.2) is 24.3 Å². The van der Waals surface area contributed by atoms with Gasteiger partial charge in [0.1, 0.15) is 0 Å². The molecule has 2 aliphatic rings. The van der Waals surface area contributed by atoms with Crippen molar-refractivity contribution in [3.63, 3.8) is 0 Å². The van der Waals surface area contributed by atoms with Crippen LogP contribution in [0.25, 0.3) is 0 Å². The van der Waals surface area contributed by atoms with Crippen molar-refractivity contribution < 1.29 is 9.59 Å². The van der Waals surface area contributed by atoms with Gasteiger partial charge in [0, 0.05) is 38.0 Å². The molecule has 5 nitrogen and oxygen atoms in total. The SMILES string of the molecule is CNC(=O)CC(N)C1CCCN1C(=O)C1CCc2ccccc2C1. The second kappa shape index (κ2) is 7.34. The van der Waals surface area contributed by atoms with Gasteiger partial charge in [-0.15, -0.1) is 0 Å². The minimum absolute atomic E-state index is 0.00743. The monoisotopic (exact) mass is 329 g/mol. The molecule has 0 aromatic heterocycles. The number of aryl methyl sites for hydroxylation is 1. The van der Waals surface area contributed by atoms with Crippen LogP contribution in [0, 0.1) is 5.92 Å². The van der Waals surface area contributed by atoms with E-state index in [9.17, 15) is 9.59 Å². The average molecular weight is 329 g/mol. The highest BCUT2D eigenvalue weighted by molar-refractivity contribution is 5.81. The lowest BCUT2D eigenvalue weighted by Gasteiger charge is -2.33. The van der Waals surface area contributed by atoms with Crippen molar-refractivity contribution in [2.24, 2.45) is 11.7 Å². The smallest absolute Gasteiger partial charge is 0.226 e. The maximum Gasteiger partial charge on any atom is 0.226 e. The first-order chi connectivity index (χ1) is 11.6. The molecule has 0 saturated carbocycles. The molecule has 1 aromatic carbocycles. The Hall–Kier alpha value is -1.88. The Morgan fingerprint density at radius 2 is 2.04 bits per heavy atom. The Morgan fingerprint density at radius 1 is 1.29 bits per heavy atom. The first-order valence-electron chi connectivity index (χ1n) is 8.93. The summed E-state index contributed by atoms with van der Waals surface area (Å²) in [4.78, 5) is 26.6. The van der Waals surface area contributed by atoms with Crippen LogP contribution >= 0.6 is 0 Å². The highest BCUT2D eigenvalue weighted by atomic mass is 16.2. The molecule has 0 bridgehead atoms. The molecule has 1 aliphatic carbocycles. The molecule has 2 amide bonds. The molecule has 3 unspecified atom stereocenters. The Morgan fingerprint density at radius 3 is 2.79 bits per heavy atom. The average Bonchev–Trinajstić information content (AvgIpc) is 3.10. The maximum absolute atomic E-state index is 13.1. The Kier molecular flexibility index (Phi) is 5.19. The zero-order valence-corrected chi connectivity index (χ0v) is 14.3. The molecule has 1 aliphatic heterocycles. The molecule has 3 rings (SSSR count). The molecule has 24 heavy (non-hydrogen) atoms. The van der Waals surface area contributed by atoms with E-state index >= 15 is 0 Å². The lowest BCUT2D eigenvalue weighted by atomic mass is 9.83. The van der Waals surface area contributed by atoms with Gasteiger partial charge in [-0.25, -0.2) is 0 Å². The van der Waals surface area contributed by atoms with E-state index in [2.05, 4.69) is 23.5 Å². The normalized spacial score (nSPS) is 24.3. The second-order valence-electron chi connectivity index (χ2n) is 6.99. The molecule has 0 radical (unpaired) electrons. The third kappa shape index (κ3) is 3.46. The number of likely N-dealkylation sites (tertiary alicyclic amines) is 1. The first-order valence-corrected chi connectivity index (χ1v) is 8.93. The highest BCUT2D eigenvalue weighted by Gasteiger charge is 2.37. The van der Waals surface area contributed by atoms with E-state index in [1.807, 2.05) is 11.0 Å². The number of benzene rings is 1. The van der Waals surface area contributed by atoms with Crippen molar-refractivity contribution in [2.45, 2.75) is 50.6 Å². The van der Waals surface area contributed by atoms with E-state index in [0.29, 0.717) is 0 Å². The van der Waals surface area contributed by atoms with Crippen molar-refractivity contribution >= 4 is 11.8 Å². The van der Waals surface area contributed by atoms with Gasteiger partial charge in [0.2, 0.25) is 11.8 Å². The highest BCUT2D eigenvalue weighted by Crippen LogP contribution is 2.30. The van der Waals surface area contributed by atoms with Crippen LogP contribution < -0.4 is 11.1 Å². The molecule has 1 saturated heterocycles. The summed E-state index contributed by atoms with van der Waals surface area (Å²) in [6.07, 6.45) is 4.84. The van der Waals surface area contributed by atoms with Crippen LogP contribution in [0.2, 0.25) is 0 Å². The topological polar surface area (TPSA) is 75.4 Å². The Labute approximate surface area is 143 Å². The largest absolute Gasteiger partial charge is 0.359 e. The molecule has 5 heteroatoms. The second-order valence-corrected chi connectivity index (χ2v) is 6.99. The minimum atomic E-state index is -0.285.